The number of rotatable bonds is 9. The summed E-state index contributed by atoms with van der Waals surface area (Å²) in [5.74, 6) is -11.7. The molecule has 6 bridgehead atoms. The number of esters is 4. The summed E-state index contributed by atoms with van der Waals surface area (Å²) in [5, 5.41) is 30.1. The van der Waals surface area contributed by atoms with Gasteiger partial charge in [0.05, 0.1) is 42.1 Å². The average Bonchev–Trinajstić information content (AvgIpc) is 3.86. The molecule has 0 spiro atoms. The number of aliphatic hydroxyl groups is 1. The van der Waals surface area contributed by atoms with E-state index in [4.69, 9.17) is 14.2 Å². The van der Waals surface area contributed by atoms with E-state index < -0.39 is 82.8 Å². The number of aliphatic hydroxyl groups excluding tert-OH is 1. The van der Waals surface area contributed by atoms with E-state index in [0.29, 0.717) is 25.7 Å². The highest BCUT2D eigenvalue weighted by Crippen LogP contribution is 2.71. The molecule has 1 saturated heterocycles. The van der Waals surface area contributed by atoms with Crippen molar-refractivity contribution in [1.29, 1.82) is 0 Å². The maximum Gasteiger partial charge on any atom is 0.317 e. The molecular weight excluding hydrogens is 636 g/mol. The van der Waals surface area contributed by atoms with Crippen LogP contribution in [0.3, 0.4) is 0 Å². The first-order valence-corrected chi connectivity index (χ1v) is 18.3. The van der Waals surface area contributed by atoms with Gasteiger partial charge in [-0.05, 0) is 124 Å². The largest absolute Gasteiger partial charge is 0.481 e. The van der Waals surface area contributed by atoms with Gasteiger partial charge in [-0.15, -0.1) is 0 Å². The number of aliphatic carboxylic acids is 2. The van der Waals surface area contributed by atoms with Crippen molar-refractivity contribution in [2.24, 2.45) is 107 Å². The van der Waals surface area contributed by atoms with Gasteiger partial charge in [0.25, 0.3) is 0 Å². The normalized spacial score (nSPS) is 47.9. The molecule has 1 heterocycles. The van der Waals surface area contributed by atoms with Crippen LogP contribution in [0.2, 0.25) is 0 Å². The molecule has 7 aliphatic rings. The van der Waals surface area contributed by atoms with Crippen molar-refractivity contribution >= 4 is 35.8 Å². The Morgan fingerprint density at radius 3 is 1.80 bits per heavy atom. The number of hydrogen-bond acceptors (Lipinski definition) is 10. The quantitative estimate of drug-likeness (QED) is 0.183. The molecule has 6 saturated carbocycles. The first kappa shape index (κ1) is 34.4. The molecule has 0 aromatic heterocycles. The number of carbonyl (C=O) groups is 6. The van der Waals surface area contributed by atoms with Crippen LogP contribution >= 0.6 is 0 Å². The molecule has 0 amide bonds. The van der Waals surface area contributed by atoms with E-state index in [1.165, 1.54) is 0 Å². The van der Waals surface area contributed by atoms with Gasteiger partial charge < -0.3 is 29.5 Å². The minimum absolute atomic E-state index is 0.000455. The Hall–Kier alpha value is -3.02. The Morgan fingerprint density at radius 1 is 0.694 bits per heavy atom. The van der Waals surface area contributed by atoms with Gasteiger partial charge in [0, 0.05) is 0 Å². The van der Waals surface area contributed by atoms with Crippen LogP contribution in [0, 0.1) is 107 Å². The lowest BCUT2D eigenvalue weighted by Gasteiger charge is -2.48. The van der Waals surface area contributed by atoms with Crippen LogP contribution in [0.4, 0.5) is 0 Å². The lowest BCUT2D eigenvalue weighted by Crippen LogP contribution is -2.52. The van der Waals surface area contributed by atoms with E-state index in [1.807, 2.05) is 27.7 Å². The minimum Gasteiger partial charge on any atom is -0.481 e. The average molecular weight is 687 g/mol. The molecular formula is C37H50O12. The van der Waals surface area contributed by atoms with Crippen molar-refractivity contribution in [3.63, 3.8) is 0 Å². The van der Waals surface area contributed by atoms with Gasteiger partial charge >= 0.3 is 35.8 Å². The first-order valence-electron chi connectivity index (χ1n) is 18.3. The molecule has 7 rings (SSSR count). The maximum absolute atomic E-state index is 14.0. The number of ether oxygens (including phenoxy) is 3. The second kappa shape index (κ2) is 12.0. The van der Waals surface area contributed by atoms with Gasteiger partial charge in [0.2, 0.25) is 0 Å². The highest BCUT2D eigenvalue weighted by molar-refractivity contribution is 5.97. The first-order chi connectivity index (χ1) is 23.0. The lowest BCUT2D eigenvalue weighted by molar-refractivity contribution is -0.166. The predicted octanol–water partition coefficient (Wildman–Crippen LogP) is 3.28. The van der Waals surface area contributed by atoms with E-state index >= 15 is 0 Å². The van der Waals surface area contributed by atoms with Crippen molar-refractivity contribution in [3.8, 4) is 0 Å². The van der Waals surface area contributed by atoms with Crippen LogP contribution in [0.1, 0.15) is 66.7 Å². The molecule has 6 aliphatic carbocycles. The van der Waals surface area contributed by atoms with Gasteiger partial charge in [0.1, 0.15) is 12.2 Å². The Balaban J connectivity index is 1.25. The highest BCUT2D eigenvalue weighted by atomic mass is 16.6. The summed E-state index contributed by atoms with van der Waals surface area (Å²) < 4.78 is 16.5. The summed E-state index contributed by atoms with van der Waals surface area (Å²) in [4.78, 5) is 79.7. The maximum atomic E-state index is 14.0. The van der Waals surface area contributed by atoms with E-state index in [1.54, 1.807) is 0 Å². The summed E-state index contributed by atoms with van der Waals surface area (Å²) in [7, 11) is 0. The third-order valence-corrected chi connectivity index (χ3v) is 14.6. The molecule has 0 radical (unpaired) electrons. The van der Waals surface area contributed by atoms with E-state index in [0.717, 1.165) is 6.42 Å². The minimum atomic E-state index is -1.21. The topological polar surface area (TPSA) is 191 Å². The fourth-order valence-corrected chi connectivity index (χ4v) is 13.4. The number of fused-ring (bicyclic) bond motifs is 6. The van der Waals surface area contributed by atoms with Gasteiger partial charge in [-0.1, -0.05) is 13.8 Å². The van der Waals surface area contributed by atoms with Crippen molar-refractivity contribution < 1.29 is 58.3 Å². The molecule has 0 aromatic carbocycles. The summed E-state index contributed by atoms with van der Waals surface area (Å²) in [5.41, 5.74) is -0.631. The third-order valence-electron chi connectivity index (χ3n) is 14.6. The van der Waals surface area contributed by atoms with Gasteiger partial charge in [-0.3, -0.25) is 28.8 Å². The second-order valence-corrected chi connectivity index (χ2v) is 17.5. The molecule has 7 fully saturated rings. The number of carboxylic acids is 2. The monoisotopic (exact) mass is 686 g/mol. The SMILES string of the molecule is CC1C2CC(C(=O)OCCO)C(C2)C1C1C(=O)OC(=O)C1C1C2CC(C(C(=O)O)C2C(=O)O)C1C1C2CC(C(=O)OC(C)(C)C)C(C2)C1C. The zero-order valence-electron chi connectivity index (χ0n) is 28.9. The van der Waals surface area contributed by atoms with Crippen molar-refractivity contribution in [1.82, 2.24) is 0 Å². The van der Waals surface area contributed by atoms with Gasteiger partial charge in [-0.2, -0.15) is 0 Å². The molecule has 3 N–H and O–H groups in total. The van der Waals surface area contributed by atoms with Crippen molar-refractivity contribution in [3.05, 3.63) is 0 Å². The summed E-state index contributed by atoms with van der Waals surface area (Å²) >= 11 is 0. The highest BCUT2D eigenvalue weighted by Gasteiger charge is 2.72. The van der Waals surface area contributed by atoms with E-state index in [2.05, 4.69) is 6.92 Å². The van der Waals surface area contributed by atoms with Crippen LogP contribution in [0.5, 0.6) is 0 Å². The second-order valence-electron chi connectivity index (χ2n) is 17.5. The predicted molar refractivity (Wildman–Crippen MR) is 168 cm³/mol. The van der Waals surface area contributed by atoms with Crippen LogP contribution in [-0.2, 0) is 43.0 Å². The number of carbonyl (C=O) groups excluding carboxylic acids is 4. The molecule has 18 unspecified atom stereocenters. The van der Waals surface area contributed by atoms with Crippen molar-refractivity contribution in [2.75, 3.05) is 13.2 Å². The molecule has 1 aliphatic heterocycles. The van der Waals surface area contributed by atoms with Crippen LogP contribution in [-0.4, -0.2) is 70.0 Å². The molecule has 270 valence electrons. The molecule has 49 heavy (non-hydrogen) atoms. The standard InChI is InChI=1S/C37H50O12/c1-13-15-8-18(20(9-15)33(43)47-7-6-38)24(13)29-30(36(46)48-35(29)45)26-22-12-21(27(31(39)40)28(22)32(41)42)25(26)23-14(2)17-10-16(23)11-19(17)34(44)49-37(3,4)5/h13-30,38H,6-12H2,1-5H3,(H,39,40)(H,41,42). The smallest absolute Gasteiger partial charge is 0.317 e. The fraction of sp³-hybridized carbons (Fsp3) is 0.838. The van der Waals surface area contributed by atoms with E-state index in [-0.39, 0.29) is 78.4 Å². The summed E-state index contributed by atoms with van der Waals surface area (Å²) in [6, 6.07) is 0. The molecule has 12 heteroatoms. The Labute approximate surface area is 286 Å². The Kier molecular flexibility index (Phi) is 8.47. The summed E-state index contributed by atoms with van der Waals surface area (Å²) in [6.07, 6.45) is 3.01. The summed E-state index contributed by atoms with van der Waals surface area (Å²) in [6.45, 7) is 9.23. The Morgan fingerprint density at radius 2 is 1.24 bits per heavy atom. The van der Waals surface area contributed by atoms with Crippen molar-refractivity contribution in [2.45, 2.75) is 72.3 Å². The zero-order valence-corrected chi connectivity index (χ0v) is 28.9. The van der Waals surface area contributed by atoms with Crippen LogP contribution in [0.25, 0.3) is 0 Å². The Bertz CT molecular complexity index is 1430. The number of cyclic esters (lactones) is 2. The molecule has 0 aromatic rings. The molecule has 12 nitrogen and oxygen atoms in total. The fourth-order valence-electron chi connectivity index (χ4n) is 13.4. The number of carboxylic acid groups (broad SMARTS) is 2. The zero-order chi connectivity index (χ0) is 35.4. The number of hydrogen-bond donors (Lipinski definition) is 3. The third kappa shape index (κ3) is 5.24. The van der Waals surface area contributed by atoms with Gasteiger partial charge in [0.15, 0.2) is 0 Å². The van der Waals surface area contributed by atoms with Crippen LogP contribution in [0.15, 0.2) is 0 Å². The van der Waals surface area contributed by atoms with E-state index in [9.17, 15) is 44.1 Å². The molecule has 18 atom stereocenters. The van der Waals surface area contributed by atoms with Crippen LogP contribution < -0.4 is 0 Å². The lowest BCUT2D eigenvalue weighted by atomic mass is 9.53. The van der Waals surface area contributed by atoms with Gasteiger partial charge in [-0.25, -0.2) is 0 Å².